The summed E-state index contributed by atoms with van der Waals surface area (Å²) in [6.07, 6.45) is 0.605. The average molecular weight is 298 g/mol. The van der Waals surface area contributed by atoms with Crippen molar-refractivity contribution < 1.29 is 8.60 Å². The Morgan fingerprint density at radius 1 is 1.21 bits per heavy atom. The molecule has 1 unspecified atom stereocenters. The third-order valence-corrected chi connectivity index (χ3v) is 4.41. The summed E-state index contributed by atoms with van der Waals surface area (Å²) in [5.41, 5.74) is 7.47. The highest BCUT2D eigenvalue weighted by molar-refractivity contribution is 7.85. The smallest absolute Gasteiger partial charge is 0.141 e. The van der Waals surface area contributed by atoms with E-state index in [-0.39, 0.29) is 5.02 Å². The van der Waals surface area contributed by atoms with Gasteiger partial charge in [-0.3, -0.25) is 4.21 Å². The molecule has 2 aromatic rings. The van der Waals surface area contributed by atoms with Gasteiger partial charge in [0.05, 0.1) is 15.8 Å². The summed E-state index contributed by atoms with van der Waals surface area (Å²) in [5.74, 6) is -0.0781. The molecule has 0 spiro atoms. The van der Waals surface area contributed by atoms with E-state index in [1.165, 1.54) is 18.2 Å². The lowest BCUT2D eigenvalue weighted by Gasteiger charge is -2.06. The first kappa shape index (κ1) is 14.0. The fraction of sp³-hybridized carbons (Fsp3) is 0.143. The van der Waals surface area contributed by atoms with Gasteiger partial charge in [-0.05, 0) is 36.2 Å². The predicted octanol–water partition coefficient (Wildman–Crippen LogP) is 3.41. The van der Waals surface area contributed by atoms with Crippen LogP contribution < -0.4 is 5.73 Å². The third-order valence-electron chi connectivity index (χ3n) is 2.77. The highest BCUT2D eigenvalue weighted by atomic mass is 35.5. The van der Waals surface area contributed by atoms with E-state index >= 15 is 0 Å². The van der Waals surface area contributed by atoms with E-state index in [0.29, 0.717) is 22.8 Å². The van der Waals surface area contributed by atoms with Crippen LogP contribution in [0.2, 0.25) is 5.02 Å². The zero-order chi connectivity index (χ0) is 13.8. The molecule has 0 saturated heterocycles. The fourth-order valence-corrected chi connectivity index (χ4v) is 3.06. The molecule has 2 rings (SSSR count). The van der Waals surface area contributed by atoms with E-state index in [1.54, 1.807) is 0 Å². The molecule has 0 aliphatic heterocycles. The molecule has 0 saturated carbocycles. The van der Waals surface area contributed by atoms with Gasteiger partial charge < -0.3 is 5.73 Å². The normalized spacial score (nSPS) is 12.3. The van der Waals surface area contributed by atoms with Gasteiger partial charge >= 0.3 is 0 Å². The molecule has 0 fully saturated rings. The predicted molar refractivity (Wildman–Crippen MR) is 77.2 cm³/mol. The molecule has 5 heteroatoms. The molecule has 0 aromatic heterocycles. The second-order valence-corrected chi connectivity index (χ2v) is 6.05. The minimum atomic E-state index is -1.22. The molecule has 2 aromatic carbocycles. The van der Waals surface area contributed by atoms with Crippen LogP contribution in [-0.2, 0) is 17.2 Å². The van der Waals surface area contributed by atoms with Crippen molar-refractivity contribution in [3.8, 4) is 0 Å². The largest absolute Gasteiger partial charge is 0.399 e. The topological polar surface area (TPSA) is 43.1 Å². The van der Waals surface area contributed by atoms with E-state index in [2.05, 4.69) is 0 Å². The van der Waals surface area contributed by atoms with Gasteiger partial charge in [-0.2, -0.15) is 0 Å². The monoisotopic (exact) mass is 297 g/mol. The Morgan fingerprint density at radius 2 is 1.95 bits per heavy atom. The summed E-state index contributed by atoms with van der Waals surface area (Å²) in [6.45, 7) is 0. The number of benzene rings is 2. The molecule has 0 bridgehead atoms. The van der Waals surface area contributed by atoms with Crippen LogP contribution in [0.4, 0.5) is 10.1 Å². The standard InChI is InChI=1S/C14H13ClFNOS/c15-12-9-11(5-6-13(12)16)19(18)8-7-10-3-1-2-4-14(10)17/h1-6,9H,7-8,17H2. The van der Waals surface area contributed by atoms with Crippen molar-refractivity contribution in [1.82, 2.24) is 0 Å². The van der Waals surface area contributed by atoms with Gasteiger partial charge in [0.25, 0.3) is 0 Å². The van der Waals surface area contributed by atoms with Crippen LogP contribution in [0.5, 0.6) is 0 Å². The molecular formula is C14H13ClFNOS. The van der Waals surface area contributed by atoms with Gasteiger partial charge in [0.2, 0.25) is 0 Å². The van der Waals surface area contributed by atoms with Crippen molar-refractivity contribution >= 4 is 28.1 Å². The lowest BCUT2D eigenvalue weighted by molar-refractivity contribution is 0.626. The Kier molecular flexibility index (Phi) is 4.56. The highest BCUT2D eigenvalue weighted by Gasteiger charge is 2.08. The van der Waals surface area contributed by atoms with Gasteiger partial charge in [-0.1, -0.05) is 29.8 Å². The van der Waals surface area contributed by atoms with Crippen LogP contribution in [0.25, 0.3) is 0 Å². The Morgan fingerprint density at radius 3 is 2.63 bits per heavy atom. The van der Waals surface area contributed by atoms with Crippen LogP contribution >= 0.6 is 11.6 Å². The second-order valence-electron chi connectivity index (χ2n) is 4.07. The quantitative estimate of drug-likeness (QED) is 0.879. The number of rotatable bonds is 4. The van der Waals surface area contributed by atoms with E-state index in [9.17, 15) is 8.60 Å². The number of halogens is 2. The zero-order valence-electron chi connectivity index (χ0n) is 10.1. The van der Waals surface area contributed by atoms with Gasteiger partial charge in [0.1, 0.15) is 5.82 Å². The Balaban J connectivity index is 2.05. The van der Waals surface area contributed by atoms with Gasteiger partial charge in [-0.15, -0.1) is 0 Å². The second kappa shape index (κ2) is 6.17. The summed E-state index contributed by atoms with van der Waals surface area (Å²) in [4.78, 5) is 0.529. The number of hydrogen-bond acceptors (Lipinski definition) is 2. The van der Waals surface area contributed by atoms with Crippen molar-refractivity contribution in [2.75, 3.05) is 11.5 Å². The molecule has 1 atom stereocenters. The van der Waals surface area contributed by atoms with Crippen LogP contribution in [-0.4, -0.2) is 9.96 Å². The molecule has 2 nitrogen and oxygen atoms in total. The highest BCUT2D eigenvalue weighted by Crippen LogP contribution is 2.19. The number of para-hydroxylation sites is 1. The maximum Gasteiger partial charge on any atom is 0.141 e. The van der Waals surface area contributed by atoms with Crippen LogP contribution in [0, 0.1) is 5.82 Å². The SMILES string of the molecule is Nc1ccccc1CCS(=O)c1ccc(F)c(Cl)c1. The fourth-order valence-electron chi connectivity index (χ4n) is 1.70. The van der Waals surface area contributed by atoms with E-state index in [0.717, 1.165) is 5.56 Å². The first-order valence-electron chi connectivity index (χ1n) is 5.75. The molecule has 0 radical (unpaired) electrons. The molecule has 2 N–H and O–H groups in total. The molecule has 0 amide bonds. The lowest BCUT2D eigenvalue weighted by atomic mass is 10.1. The van der Waals surface area contributed by atoms with Crippen molar-refractivity contribution in [3.05, 3.63) is 58.9 Å². The van der Waals surface area contributed by atoms with Gasteiger partial charge in [0, 0.05) is 16.3 Å². The Bertz CT molecular complexity index is 618. The summed E-state index contributed by atoms with van der Waals surface area (Å²) in [7, 11) is -1.22. The average Bonchev–Trinajstić information content (AvgIpc) is 2.40. The van der Waals surface area contributed by atoms with Crippen molar-refractivity contribution in [2.24, 2.45) is 0 Å². The Labute approximate surface area is 118 Å². The summed E-state index contributed by atoms with van der Waals surface area (Å²) >= 11 is 5.67. The van der Waals surface area contributed by atoms with Gasteiger partial charge in [0.15, 0.2) is 0 Å². The third kappa shape index (κ3) is 3.55. The maximum atomic E-state index is 13.0. The summed E-state index contributed by atoms with van der Waals surface area (Å²) in [5, 5.41) is -0.00919. The zero-order valence-corrected chi connectivity index (χ0v) is 11.7. The first-order chi connectivity index (χ1) is 9.08. The molecular weight excluding hydrogens is 285 g/mol. The number of nitrogen functional groups attached to an aromatic ring is 1. The lowest BCUT2D eigenvalue weighted by Crippen LogP contribution is -2.04. The molecule has 0 aliphatic rings. The number of aryl methyl sites for hydroxylation is 1. The molecule has 19 heavy (non-hydrogen) atoms. The Hall–Kier alpha value is -1.39. The van der Waals surface area contributed by atoms with Crippen molar-refractivity contribution in [3.63, 3.8) is 0 Å². The molecule has 0 aliphatic carbocycles. The number of anilines is 1. The molecule has 100 valence electrons. The molecule has 0 heterocycles. The summed E-state index contributed by atoms with van der Waals surface area (Å²) < 4.78 is 25.1. The van der Waals surface area contributed by atoms with Crippen LogP contribution in [0.3, 0.4) is 0 Å². The number of hydrogen-bond donors (Lipinski definition) is 1. The first-order valence-corrected chi connectivity index (χ1v) is 7.44. The van der Waals surface area contributed by atoms with Crippen molar-refractivity contribution in [2.45, 2.75) is 11.3 Å². The van der Waals surface area contributed by atoms with Crippen LogP contribution in [0.15, 0.2) is 47.4 Å². The van der Waals surface area contributed by atoms with E-state index < -0.39 is 16.6 Å². The minimum Gasteiger partial charge on any atom is -0.399 e. The number of nitrogens with two attached hydrogens (primary N) is 1. The minimum absolute atomic E-state index is 0.00919. The van der Waals surface area contributed by atoms with E-state index in [1.807, 2.05) is 24.3 Å². The van der Waals surface area contributed by atoms with Gasteiger partial charge in [-0.25, -0.2) is 4.39 Å². The summed E-state index contributed by atoms with van der Waals surface area (Å²) in [6, 6.07) is 11.6. The maximum absolute atomic E-state index is 13.0. The van der Waals surface area contributed by atoms with Crippen LogP contribution in [0.1, 0.15) is 5.56 Å². The van der Waals surface area contributed by atoms with Crippen molar-refractivity contribution in [1.29, 1.82) is 0 Å². The van der Waals surface area contributed by atoms with E-state index in [4.69, 9.17) is 17.3 Å².